The van der Waals surface area contributed by atoms with E-state index in [4.69, 9.17) is 25.5 Å². The van der Waals surface area contributed by atoms with Crippen LogP contribution in [-0.2, 0) is 9.53 Å². The Balaban J connectivity index is 1.66. The van der Waals surface area contributed by atoms with Crippen molar-refractivity contribution >= 4 is 50.8 Å². The number of fused-ring (bicyclic) bond motifs is 1. The molecule has 0 spiro atoms. The zero-order valence-corrected chi connectivity index (χ0v) is 21.8. The highest BCUT2D eigenvalue weighted by atomic mass is 35.5. The fraction of sp³-hybridized carbons (Fsp3) is 0.222. The Morgan fingerprint density at radius 1 is 1.08 bits per heavy atom. The molecule has 0 radical (unpaired) electrons. The molecular weight excluding hydrogens is 502 g/mol. The molecule has 2 aromatic carbocycles. The second-order valence-electron chi connectivity index (χ2n) is 8.14. The van der Waals surface area contributed by atoms with Gasteiger partial charge in [0.25, 0.3) is 5.91 Å². The van der Waals surface area contributed by atoms with Gasteiger partial charge in [-0.15, -0.1) is 11.3 Å². The number of carbonyl (C=O) groups is 2. The van der Waals surface area contributed by atoms with E-state index >= 15 is 0 Å². The minimum Gasteiger partial charge on any atom is -0.476 e. The number of rotatable bonds is 7. The van der Waals surface area contributed by atoms with E-state index in [0.29, 0.717) is 32.1 Å². The van der Waals surface area contributed by atoms with Crippen LogP contribution in [0.3, 0.4) is 0 Å². The molecule has 186 valence electrons. The zero-order chi connectivity index (χ0) is 26.0. The number of aryl methyl sites for hydroxylation is 2. The average Bonchev–Trinajstić information content (AvgIpc) is 3.12. The highest BCUT2D eigenvalue weighted by Gasteiger charge is 2.23. The molecule has 1 N–H and O–H groups in total. The first-order valence-corrected chi connectivity index (χ1v) is 12.4. The normalized spacial score (nSPS) is 10.9. The number of halogens is 1. The van der Waals surface area contributed by atoms with Crippen LogP contribution in [-0.4, -0.2) is 25.1 Å². The van der Waals surface area contributed by atoms with Crippen molar-refractivity contribution in [1.29, 1.82) is 0 Å². The van der Waals surface area contributed by atoms with Crippen molar-refractivity contribution in [3.63, 3.8) is 0 Å². The van der Waals surface area contributed by atoms with Crippen LogP contribution >= 0.6 is 22.9 Å². The molecule has 0 saturated heterocycles. The van der Waals surface area contributed by atoms with Crippen LogP contribution in [0.5, 0.6) is 5.75 Å². The number of anilines is 1. The van der Waals surface area contributed by atoms with Crippen molar-refractivity contribution in [2.45, 2.75) is 27.7 Å². The second-order valence-corrected chi connectivity index (χ2v) is 9.80. The van der Waals surface area contributed by atoms with Crippen molar-refractivity contribution in [3.8, 4) is 17.1 Å². The molecule has 2 heterocycles. The van der Waals surface area contributed by atoms with Crippen molar-refractivity contribution in [1.82, 2.24) is 0 Å². The SMILES string of the molecule is CCOC(=O)c1c(NC(=O)COc2c(-c3ccc(Cl)cc3)oc3ccc(C)cc3c2=O)sc(C)c1C. The summed E-state index contributed by atoms with van der Waals surface area (Å²) >= 11 is 7.29. The third-order valence-electron chi connectivity index (χ3n) is 5.58. The van der Waals surface area contributed by atoms with E-state index < -0.39 is 23.9 Å². The van der Waals surface area contributed by atoms with Crippen LogP contribution in [0, 0.1) is 20.8 Å². The van der Waals surface area contributed by atoms with Gasteiger partial charge in [0.15, 0.2) is 12.4 Å². The van der Waals surface area contributed by atoms with Gasteiger partial charge in [-0.25, -0.2) is 4.79 Å². The van der Waals surface area contributed by atoms with Crippen LogP contribution in [0.2, 0.25) is 5.02 Å². The third-order valence-corrected chi connectivity index (χ3v) is 6.95. The predicted octanol–water partition coefficient (Wildman–Crippen LogP) is 6.29. The summed E-state index contributed by atoms with van der Waals surface area (Å²) in [6, 6.07) is 12.0. The van der Waals surface area contributed by atoms with Gasteiger partial charge in [-0.2, -0.15) is 0 Å². The van der Waals surface area contributed by atoms with E-state index in [1.807, 2.05) is 19.9 Å². The van der Waals surface area contributed by atoms with E-state index in [0.717, 1.165) is 16.0 Å². The number of nitrogens with one attached hydrogen (secondary N) is 1. The first-order chi connectivity index (χ1) is 17.2. The van der Waals surface area contributed by atoms with Crippen LogP contribution in [0.15, 0.2) is 51.7 Å². The van der Waals surface area contributed by atoms with Crippen molar-refractivity contribution in [2.75, 3.05) is 18.5 Å². The van der Waals surface area contributed by atoms with E-state index in [-0.39, 0.29) is 18.1 Å². The number of amides is 1. The standard InChI is InChI=1S/C27H24ClNO6S/c1-5-33-27(32)22-15(3)16(4)36-26(22)29-21(30)13-34-25-23(31)19-12-14(2)6-11-20(19)35-24(25)17-7-9-18(28)10-8-17/h6-12H,5,13H2,1-4H3,(H,29,30). The molecule has 0 aliphatic heterocycles. The summed E-state index contributed by atoms with van der Waals surface area (Å²) in [7, 11) is 0. The predicted molar refractivity (Wildman–Crippen MR) is 142 cm³/mol. The van der Waals surface area contributed by atoms with E-state index in [1.54, 1.807) is 50.2 Å². The van der Waals surface area contributed by atoms with Gasteiger partial charge in [-0.05, 0) is 69.7 Å². The molecule has 2 aromatic heterocycles. The second kappa shape index (κ2) is 10.6. The lowest BCUT2D eigenvalue weighted by molar-refractivity contribution is -0.118. The largest absolute Gasteiger partial charge is 0.476 e. The molecule has 0 bridgehead atoms. The minimum absolute atomic E-state index is 0.0882. The molecule has 0 aliphatic carbocycles. The third kappa shape index (κ3) is 5.15. The van der Waals surface area contributed by atoms with Gasteiger partial charge in [0.2, 0.25) is 11.2 Å². The van der Waals surface area contributed by atoms with Gasteiger partial charge < -0.3 is 19.2 Å². The monoisotopic (exact) mass is 525 g/mol. The number of carbonyl (C=O) groups excluding carboxylic acids is 2. The number of benzene rings is 2. The Hall–Kier alpha value is -3.62. The summed E-state index contributed by atoms with van der Waals surface area (Å²) in [6.45, 7) is 6.98. The molecule has 4 rings (SSSR count). The fourth-order valence-corrected chi connectivity index (χ4v) is 4.87. The molecule has 0 atom stereocenters. The lowest BCUT2D eigenvalue weighted by Crippen LogP contribution is -2.23. The van der Waals surface area contributed by atoms with Crippen molar-refractivity contribution in [3.05, 3.63) is 79.3 Å². The quantitative estimate of drug-likeness (QED) is 0.285. The van der Waals surface area contributed by atoms with Gasteiger partial charge in [0.1, 0.15) is 10.6 Å². The van der Waals surface area contributed by atoms with Crippen LogP contribution in [0.1, 0.15) is 33.3 Å². The summed E-state index contributed by atoms with van der Waals surface area (Å²) in [5.74, 6) is -0.940. The molecule has 4 aromatic rings. The maximum Gasteiger partial charge on any atom is 0.341 e. The summed E-state index contributed by atoms with van der Waals surface area (Å²) < 4.78 is 16.9. The number of ether oxygens (including phenoxy) is 2. The summed E-state index contributed by atoms with van der Waals surface area (Å²) in [5.41, 5.74) is 2.51. The number of hydrogen-bond donors (Lipinski definition) is 1. The first-order valence-electron chi connectivity index (χ1n) is 11.2. The molecule has 1 amide bonds. The van der Waals surface area contributed by atoms with Gasteiger partial charge in [0.05, 0.1) is 17.6 Å². The smallest absolute Gasteiger partial charge is 0.341 e. The Morgan fingerprint density at radius 2 is 1.81 bits per heavy atom. The average molecular weight is 526 g/mol. The number of thiophene rings is 1. The van der Waals surface area contributed by atoms with E-state index in [1.165, 1.54) is 11.3 Å². The van der Waals surface area contributed by atoms with Crippen molar-refractivity contribution in [2.24, 2.45) is 0 Å². The molecule has 0 fully saturated rings. The van der Waals surface area contributed by atoms with Crippen LogP contribution < -0.4 is 15.5 Å². The maximum atomic E-state index is 13.4. The molecule has 0 saturated carbocycles. The molecular formula is C27H24ClNO6S. The summed E-state index contributed by atoms with van der Waals surface area (Å²) in [4.78, 5) is 39.5. The first kappa shape index (κ1) is 25.5. The van der Waals surface area contributed by atoms with Crippen molar-refractivity contribution < 1.29 is 23.5 Å². The topological polar surface area (TPSA) is 94.8 Å². The molecule has 36 heavy (non-hydrogen) atoms. The van der Waals surface area contributed by atoms with Gasteiger partial charge in [-0.3, -0.25) is 9.59 Å². The Labute approximate surface area is 216 Å². The fourth-order valence-electron chi connectivity index (χ4n) is 3.68. The lowest BCUT2D eigenvalue weighted by Gasteiger charge is -2.12. The van der Waals surface area contributed by atoms with Gasteiger partial charge in [0, 0.05) is 15.5 Å². The summed E-state index contributed by atoms with van der Waals surface area (Å²) in [5, 5.41) is 3.96. The molecule has 0 unspecified atom stereocenters. The van der Waals surface area contributed by atoms with E-state index in [2.05, 4.69) is 5.32 Å². The van der Waals surface area contributed by atoms with E-state index in [9.17, 15) is 14.4 Å². The van der Waals surface area contributed by atoms with Crippen LogP contribution in [0.25, 0.3) is 22.3 Å². The zero-order valence-electron chi connectivity index (χ0n) is 20.2. The minimum atomic E-state index is -0.535. The molecule has 9 heteroatoms. The van der Waals surface area contributed by atoms with Gasteiger partial charge in [-0.1, -0.05) is 23.2 Å². The highest BCUT2D eigenvalue weighted by molar-refractivity contribution is 7.16. The Morgan fingerprint density at radius 3 is 2.50 bits per heavy atom. The number of hydrogen-bond acceptors (Lipinski definition) is 7. The highest BCUT2D eigenvalue weighted by Crippen LogP contribution is 2.34. The number of esters is 1. The lowest BCUT2D eigenvalue weighted by atomic mass is 10.1. The summed E-state index contributed by atoms with van der Waals surface area (Å²) in [6.07, 6.45) is 0. The molecule has 0 aliphatic rings. The Bertz CT molecular complexity index is 1520. The van der Waals surface area contributed by atoms with Gasteiger partial charge >= 0.3 is 5.97 Å². The Kier molecular flexibility index (Phi) is 7.47. The molecule has 7 nitrogen and oxygen atoms in total. The van der Waals surface area contributed by atoms with Crippen LogP contribution in [0.4, 0.5) is 5.00 Å². The maximum absolute atomic E-state index is 13.4.